The van der Waals surface area contributed by atoms with Crippen molar-refractivity contribution in [2.24, 2.45) is 11.5 Å². The molecule has 0 aliphatic heterocycles. The molecule has 1 aromatic heterocycles. The van der Waals surface area contributed by atoms with Gasteiger partial charge in [0.1, 0.15) is 13.6 Å². The summed E-state index contributed by atoms with van der Waals surface area (Å²) in [5.41, 5.74) is 23.9. The Bertz CT molecular complexity index is 290. The van der Waals surface area contributed by atoms with Crippen molar-refractivity contribution in [1.82, 2.24) is 15.0 Å². The van der Waals surface area contributed by atoms with Crippen LogP contribution in [0.1, 0.15) is 0 Å². The summed E-state index contributed by atoms with van der Waals surface area (Å²) >= 11 is 0. The predicted molar refractivity (Wildman–Crippen MR) is 72.3 cm³/mol. The molecule has 0 saturated carbocycles. The molecule has 0 aliphatic carbocycles. The highest BCUT2D eigenvalue weighted by Gasteiger charge is 1.93. The first kappa shape index (κ1) is 24.8. The van der Waals surface area contributed by atoms with Crippen LogP contribution >= 0.6 is 0 Å². The minimum atomic E-state index is -0.833. The molecule has 11 heteroatoms. The maximum absolute atomic E-state index is 9.00. The number of aromatic nitrogens is 3. The Kier molecular flexibility index (Phi) is 26.4. The first-order valence-electron chi connectivity index (χ1n) is 4.07. The number of anilines is 3. The van der Waals surface area contributed by atoms with Gasteiger partial charge >= 0.3 is 6.03 Å². The molecule has 0 bridgehead atoms. The average Bonchev–Trinajstić information content (AvgIpc) is 2.34. The molecule has 1 rings (SSSR count). The molecule has 108 valence electrons. The van der Waals surface area contributed by atoms with Crippen LogP contribution in [-0.4, -0.2) is 34.6 Å². The minimum absolute atomic E-state index is 0.0417. The highest BCUT2D eigenvalue weighted by molar-refractivity contribution is 5.69. The fraction of sp³-hybridized carbons (Fsp3) is 0. The Labute approximate surface area is 109 Å². The summed E-state index contributed by atoms with van der Waals surface area (Å²) in [7, 11) is 0. The van der Waals surface area contributed by atoms with Crippen molar-refractivity contribution in [3.05, 3.63) is 13.2 Å². The SMILES string of the molecule is C=C.C=O.C=O.NC(N)=O.Nc1nc(N)nc(N)n1. The van der Waals surface area contributed by atoms with Gasteiger partial charge in [-0.2, -0.15) is 15.0 Å². The zero-order valence-corrected chi connectivity index (χ0v) is 10.3. The summed E-state index contributed by atoms with van der Waals surface area (Å²) in [6.07, 6.45) is 0. The summed E-state index contributed by atoms with van der Waals surface area (Å²) in [5, 5.41) is 0. The number of amides is 2. The van der Waals surface area contributed by atoms with Crippen LogP contribution in [0, 0.1) is 0 Å². The van der Waals surface area contributed by atoms with Crippen LogP contribution < -0.4 is 28.7 Å². The lowest BCUT2D eigenvalue weighted by molar-refractivity contribution is -0.0987. The number of nitrogens with two attached hydrogens (primary N) is 5. The zero-order valence-electron chi connectivity index (χ0n) is 10.3. The molecular weight excluding hydrogens is 256 g/mol. The van der Waals surface area contributed by atoms with E-state index in [4.69, 9.17) is 31.6 Å². The van der Waals surface area contributed by atoms with E-state index >= 15 is 0 Å². The Morgan fingerprint density at radius 3 is 0.947 bits per heavy atom. The summed E-state index contributed by atoms with van der Waals surface area (Å²) < 4.78 is 0. The monoisotopic (exact) mass is 274 g/mol. The van der Waals surface area contributed by atoms with Crippen LogP contribution in [-0.2, 0) is 9.59 Å². The molecule has 11 nitrogen and oxygen atoms in total. The molecule has 1 aromatic rings. The molecule has 10 N–H and O–H groups in total. The number of carbonyl (C=O) groups is 3. The van der Waals surface area contributed by atoms with Crippen LogP contribution in [0.5, 0.6) is 0 Å². The van der Waals surface area contributed by atoms with Crippen molar-refractivity contribution in [2.45, 2.75) is 0 Å². The number of hydrogen-bond donors (Lipinski definition) is 5. The van der Waals surface area contributed by atoms with Crippen molar-refractivity contribution in [3.8, 4) is 0 Å². The van der Waals surface area contributed by atoms with Crippen molar-refractivity contribution in [2.75, 3.05) is 17.2 Å². The van der Waals surface area contributed by atoms with Crippen LogP contribution in [0.2, 0.25) is 0 Å². The van der Waals surface area contributed by atoms with Gasteiger partial charge in [0, 0.05) is 0 Å². The zero-order chi connectivity index (χ0) is 16.4. The number of rotatable bonds is 0. The van der Waals surface area contributed by atoms with Crippen molar-refractivity contribution < 1.29 is 14.4 Å². The van der Waals surface area contributed by atoms with Crippen LogP contribution in [0.15, 0.2) is 13.2 Å². The maximum Gasteiger partial charge on any atom is 0.309 e. The first-order chi connectivity index (χ1) is 8.91. The Hall–Kier alpha value is -3.24. The van der Waals surface area contributed by atoms with Gasteiger partial charge in [-0.3, -0.25) is 0 Å². The standard InChI is InChI=1S/C3H6N6.C2H4.CH4N2O.2CH2O/c4-1-7-2(5)9-3(6)8-1;1-2;2-1(3)4;2*1-2/h(H6,4,5,6,7,8,9);1-2H2;(H4,2,3,4);2*1H2. The van der Waals surface area contributed by atoms with E-state index in [-0.39, 0.29) is 17.8 Å². The first-order valence-corrected chi connectivity index (χ1v) is 4.07. The molecule has 0 unspecified atom stereocenters. The topological polar surface area (TPSA) is 220 Å². The second-order valence-electron chi connectivity index (χ2n) is 1.81. The van der Waals surface area contributed by atoms with Crippen LogP contribution in [0.3, 0.4) is 0 Å². The van der Waals surface area contributed by atoms with Crippen molar-refractivity contribution >= 4 is 37.5 Å². The number of urea groups is 1. The lowest BCUT2D eigenvalue weighted by atomic mass is 10.9. The smallest absolute Gasteiger partial charge is 0.309 e. The number of hydrogen-bond acceptors (Lipinski definition) is 9. The molecular formula is C8H18N8O3. The molecule has 0 aliphatic rings. The van der Waals surface area contributed by atoms with E-state index in [1.807, 2.05) is 13.6 Å². The molecule has 2 amide bonds. The molecule has 0 atom stereocenters. The molecule has 1 heterocycles. The summed E-state index contributed by atoms with van der Waals surface area (Å²) in [4.78, 5) is 35.5. The van der Waals surface area contributed by atoms with Gasteiger partial charge in [0.05, 0.1) is 0 Å². The van der Waals surface area contributed by atoms with E-state index in [0.717, 1.165) is 0 Å². The van der Waals surface area contributed by atoms with Crippen LogP contribution in [0.4, 0.5) is 22.6 Å². The second-order valence-corrected chi connectivity index (χ2v) is 1.81. The fourth-order valence-electron chi connectivity index (χ4n) is 0.427. The van der Waals surface area contributed by atoms with E-state index in [9.17, 15) is 0 Å². The Morgan fingerprint density at radius 1 is 0.737 bits per heavy atom. The van der Waals surface area contributed by atoms with Gasteiger partial charge in [0.2, 0.25) is 17.8 Å². The number of nitrogen functional groups attached to an aromatic ring is 3. The van der Waals surface area contributed by atoms with E-state index < -0.39 is 6.03 Å². The van der Waals surface area contributed by atoms with Crippen LogP contribution in [0.25, 0.3) is 0 Å². The summed E-state index contributed by atoms with van der Waals surface area (Å²) in [6.45, 7) is 10.0. The Balaban J connectivity index is -0.0000000957. The van der Waals surface area contributed by atoms with Gasteiger partial charge < -0.3 is 38.3 Å². The molecule has 0 radical (unpaired) electrons. The van der Waals surface area contributed by atoms with Gasteiger partial charge in [-0.25, -0.2) is 4.79 Å². The van der Waals surface area contributed by atoms with E-state index in [1.54, 1.807) is 0 Å². The second kappa shape index (κ2) is 20.2. The van der Waals surface area contributed by atoms with E-state index in [2.05, 4.69) is 39.6 Å². The third-order valence-corrected chi connectivity index (χ3v) is 0.687. The summed E-state index contributed by atoms with van der Waals surface area (Å²) in [5.74, 6) is 0.125. The van der Waals surface area contributed by atoms with Gasteiger partial charge in [-0.1, -0.05) is 0 Å². The third kappa shape index (κ3) is 31.3. The normalized spacial score (nSPS) is 6.32. The third-order valence-electron chi connectivity index (χ3n) is 0.687. The fourth-order valence-corrected chi connectivity index (χ4v) is 0.427. The molecule has 0 aromatic carbocycles. The quantitative estimate of drug-likeness (QED) is 0.332. The van der Waals surface area contributed by atoms with Gasteiger partial charge in [-0.05, 0) is 0 Å². The predicted octanol–water partition coefficient (Wildman–Crippen LogP) is -1.93. The largest absolute Gasteiger partial charge is 0.368 e. The van der Waals surface area contributed by atoms with Crippen molar-refractivity contribution in [3.63, 3.8) is 0 Å². The highest BCUT2D eigenvalue weighted by atomic mass is 16.2. The lowest BCUT2D eigenvalue weighted by Gasteiger charge is -1.93. The lowest BCUT2D eigenvalue weighted by Crippen LogP contribution is -2.18. The van der Waals surface area contributed by atoms with Gasteiger partial charge in [-0.15, -0.1) is 13.2 Å². The molecule has 0 spiro atoms. The van der Waals surface area contributed by atoms with Gasteiger partial charge in [0.15, 0.2) is 0 Å². The number of nitrogens with zero attached hydrogens (tertiary/aromatic N) is 3. The molecule has 19 heavy (non-hydrogen) atoms. The Morgan fingerprint density at radius 2 is 0.842 bits per heavy atom. The van der Waals surface area contributed by atoms with Crippen molar-refractivity contribution in [1.29, 1.82) is 0 Å². The molecule has 0 fully saturated rings. The molecule has 0 saturated heterocycles. The van der Waals surface area contributed by atoms with E-state index in [0.29, 0.717) is 0 Å². The minimum Gasteiger partial charge on any atom is -0.368 e. The number of primary amides is 2. The summed E-state index contributed by atoms with van der Waals surface area (Å²) in [6, 6.07) is -0.833. The maximum atomic E-state index is 9.00. The van der Waals surface area contributed by atoms with Gasteiger partial charge in [0.25, 0.3) is 0 Å². The number of carbonyl (C=O) groups excluding carboxylic acids is 3. The van der Waals surface area contributed by atoms with E-state index in [1.165, 1.54) is 0 Å². The average molecular weight is 274 g/mol. The highest BCUT2D eigenvalue weighted by Crippen LogP contribution is 1.97.